The fourth-order valence-corrected chi connectivity index (χ4v) is 2.95. The van der Waals surface area contributed by atoms with Crippen molar-refractivity contribution in [3.63, 3.8) is 0 Å². The Morgan fingerprint density at radius 3 is 1.92 bits per heavy atom. The molecule has 3 fully saturated rings. The van der Waals surface area contributed by atoms with Crippen molar-refractivity contribution in [3.05, 3.63) is 0 Å². The smallest absolute Gasteiger partial charge is 0.00173 e. The second kappa shape index (κ2) is 2.73. The zero-order valence-corrected chi connectivity index (χ0v) is 8.64. The molecular formula is C11H21N. The molecule has 0 spiro atoms. The minimum Gasteiger partial charge on any atom is -0.303 e. The predicted molar refractivity (Wildman–Crippen MR) is 52.1 cm³/mol. The van der Waals surface area contributed by atoms with Crippen LogP contribution in [0.15, 0.2) is 0 Å². The van der Waals surface area contributed by atoms with Gasteiger partial charge in [0.05, 0.1) is 0 Å². The molecule has 0 aliphatic carbocycles. The molecule has 70 valence electrons. The van der Waals surface area contributed by atoms with Crippen LogP contribution < -0.4 is 0 Å². The average Bonchev–Trinajstić information content (AvgIpc) is 2.05. The van der Waals surface area contributed by atoms with Crippen LogP contribution in [-0.4, -0.2) is 24.5 Å². The molecule has 0 aromatic carbocycles. The Hall–Kier alpha value is -0.0400. The molecule has 3 aliphatic rings. The van der Waals surface area contributed by atoms with Gasteiger partial charge in [-0.15, -0.1) is 0 Å². The highest BCUT2D eigenvalue weighted by Gasteiger charge is 2.39. The minimum atomic E-state index is 0.532. The third-order valence-electron chi connectivity index (χ3n) is 3.77. The summed E-state index contributed by atoms with van der Waals surface area (Å²) in [5.74, 6) is 2.00. The van der Waals surface area contributed by atoms with Gasteiger partial charge >= 0.3 is 0 Å². The van der Waals surface area contributed by atoms with E-state index in [-0.39, 0.29) is 0 Å². The average molecular weight is 167 g/mol. The van der Waals surface area contributed by atoms with Crippen LogP contribution in [0.4, 0.5) is 0 Å². The molecule has 0 saturated carbocycles. The Morgan fingerprint density at radius 2 is 1.67 bits per heavy atom. The van der Waals surface area contributed by atoms with Gasteiger partial charge in [0.2, 0.25) is 0 Å². The number of nitrogens with zero attached hydrogens (tertiary/aromatic N) is 1. The van der Waals surface area contributed by atoms with Gasteiger partial charge in [-0.1, -0.05) is 20.8 Å². The lowest BCUT2D eigenvalue weighted by Gasteiger charge is -2.50. The molecule has 2 bridgehead atoms. The van der Waals surface area contributed by atoms with Gasteiger partial charge in [-0.05, 0) is 43.2 Å². The molecule has 3 aliphatic heterocycles. The van der Waals surface area contributed by atoms with Crippen LogP contribution in [0, 0.1) is 17.3 Å². The summed E-state index contributed by atoms with van der Waals surface area (Å²) in [4.78, 5) is 2.65. The molecule has 1 heteroatoms. The lowest BCUT2D eigenvalue weighted by Crippen LogP contribution is -2.51. The number of fused-ring (bicyclic) bond motifs is 3. The number of hydrogen-bond acceptors (Lipinski definition) is 1. The van der Waals surface area contributed by atoms with Crippen LogP contribution in [0.5, 0.6) is 0 Å². The fraction of sp³-hybridized carbons (Fsp3) is 1.00. The maximum atomic E-state index is 2.65. The van der Waals surface area contributed by atoms with Crippen molar-refractivity contribution >= 4 is 0 Å². The highest BCUT2D eigenvalue weighted by Crippen LogP contribution is 2.42. The molecule has 0 N–H and O–H groups in total. The van der Waals surface area contributed by atoms with Crippen LogP contribution in [0.2, 0.25) is 0 Å². The Morgan fingerprint density at radius 1 is 1.08 bits per heavy atom. The van der Waals surface area contributed by atoms with Crippen molar-refractivity contribution in [3.8, 4) is 0 Å². The topological polar surface area (TPSA) is 3.24 Å². The second-order valence-corrected chi connectivity index (χ2v) is 5.61. The molecule has 0 amide bonds. The Balaban J connectivity index is 2.09. The van der Waals surface area contributed by atoms with E-state index in [0.717, 1.165) is 11.8 Å². The fourth-order valence-electron chi connectivity index (χ4n) is 2.95. The summed E-state index contributed by atoms with van der Waals surface area (Å²) in [7, 11) is 0. The maximum Gasteiger partial charge on any atom is 0.00173 e. The standard InChI is InChI=1S/C11H21N/c1-11(2,3)10-8-12-6-4-9(10)5-7-12/h9-10H,4-8H2,1-3H3. The predicted octanol–water partition coefficient (Wildman–Crippen LogP) is 2.37. The van der Waals surface area contributed by atoms with E-state index in [1.165, 1.54) is 32.5 Å². The first kappa shape index (κ1) is 8.55. The summed E-state index contributed by atoms with van der Waals surface area (Å²) in [5.41, 5.74) is 0.532. The SMILES string of the molecule is CC(C)(C)C1CN2CCC1CC2. The van der Waals surface area contributed by atoms with Gasteiger partial charge in [0.1, 0.15) is 0 Å². The Labute approximate surface area is 76.1 Å². The summed E-state index contributed by atoms with van der Waals surface area (Å²) in [6.07, 6.45) is 2.92. The summed E-state index contributed by atoms with van der Waals surface area (Å²) >= 11 is 0. The van der Waals surface area contributed by atoms with Crippen molar-refractivity contribution < 1.29 is 0 Å². The summed E-state index contributed by atoms with van der Waals surface area (Å²) in [6.45, 7) is 11.3. The van der Waals surface area contributed by atoms with Crippen molar-refractivity contribution in [1.82, 2.24) is 4.90 Å². The largest absolute Gasteiger partial charge is 0.303 e. The third-order valence-corrected chi connectivity index (χ3v) is 3.77. The normalized spacial score (nSPS) is 41.8. The van der Waals surface area contributed by atoms with Gasteiger partial charge < -0.3 is 4.90 Å². The van der Waals surface area contributed by atoms with Crippen molar-refractivity contribution in [1.29, 1.82) is 0 Å². The van der Waals surface area contributed by atoms with Crippen LogP contribution in [0.1, 0.15) is 33.6 Å². The van der Waals surface area contributed by atoms with Gasteiger partial charge in [-0.3, -0.25) is 0 Å². The van der Waals surface area contributed by atoms with Crippen LogP contribution in [0.3, 0.4) is 0 Å². The first-order valence-electron chi connectivity index (χ1n) is 5.30. The number of rotatable bonds is 0. The highest BCUT2D eigenvalue weighted by molar-refractivity contribution is 4.91. The van der Waals surface area contributed by atoms with E-state index >= 15 is 0 Å². The monoisotopic (exact) mass is 167 g/mol. The molecule has 3 heterocycles. The van der Waals surface area contributed by atoms with Gasteiger partial charge in [0.15, 0.2) is 0 Å². The van der Waals surface area contributed by atoms with Gasteiger partial charge in [-0.25, -0.2) is 0 Å². The summed E-state index contributed by atoms with van der Waals surface area (Å²) in [6, 6.07) is 0. The first-order valence-corrected chi connectivity index (χ1v) is 5.30. The van der Waals surface area contributed by atoms with Crippen molar-refractivity contribution in [2.24, 2.45) is 17.3 Å². The number of hydrogen-bond donors (Lipinski definition) is 0. The minimum absolute atomic E-state index is 0.532. The summed E-state index contributed by atoms with van der Waals surface area (Å²) in [5, 5.41) is 0. The van der Waals surface area contributed by atoms with E-state index in [1.807, 2.05) is 0 Å². The zero-order valence-electron chi connectivity index (χ0n) is 8.64. The molecule has 1 unspecified atom stereocenters. The van der Waals surface area contributed by atoms with Crippen molar-refractivity contribution in [2.75, 3.05) is 19.6 Å². The van der Waals surface area contributed by atoms with E-state index in [2.05, 4.69) is 25.7 Å². The maximum absolute atomic E-state index is 2.65. The molecule has 3 saturated heterocycles. The van der Waals surface area contributed by atoms with Crippen molar-refractivity contribution in [2.45, 2.75) is 33.6 Å². The van der Waals surface area contributed by atoms with E-state index in [0.29, 0.717) is 5.41 Å². The summed E-state index contributed by atoms with van der Waals surface area (Å²) < 4.78 is 0. The van der Waals surface area contributed by atoms with E-state index in [1.54, 1.807) is 0 Å². The molecule has 0 aromatic heterocycles. The molecular weight excluding hydrogens is 146 g/mol. The van der Waals surface area contributed by atoms with E-state index < -0.39 is 0 Å². The molecule has 1 atom stereocenters. The highest BCUT2D eigenvalue weighted by atomic mass is 15.1. The van der Waals surface area contributed by atoms with Gasteiger partial charge in [0, 0.05) is 6.54 Å². The molecule has 0 radical (unpaired) electrons. The molecule has 0 aromatic rings. The lowest BCUT2D eigenvalue weighted by atomic mass is 9.67. The van der Waals surface area contributed by atoms with E-state index in [4.69, 9.17) is 0 Å². The van der Waals surface area contributed by atoms with Crippen LogP contribution >= 0.6 is 0 Å². The first-order chi connectivity index (χ1) is 5.57. The van der Waals surface area contributed by atoms with Crippen LogP contribution in [0.25, 0.3) is 0 Å². The molecule has 12 heavy (non-hydrogen) atoms. The van der Waals surface area contributed by atoms with Gasteiger partial charge in [0.25, 0.3) is 0 Å². The zero-order chi connectivity index (χ0) is 8.77. The number of piperidine rings is 3. The lowest BCUT2D eigenvalue weighted by molar-refractivity contribution is -0.00555. The van der Waals surface area contributed by atoms with Crippen LogP contribution in [-0.2, 0) is 0 Å². The quantitative estimate of drug-likeness (QED) is 0.535. The Kier molecular flexibility index (Phi) is 1.95. The van der Waals surface area contributed by atoms with E-state index in [9.17, 15) is 0 Å². The van der Waals surface area contributed by atoms with Gasteiger partial charge in [-0.2, -0.15) is 0 Å². The second-order valence-electron chi connectivity index (χ2n) is 5.61. The molecule has 3 rings (SSSR count). The Bertz CT molecular complexity index is 160. The third kappa shape index (κ3) is 1.39. The molecule has 1 nitrogen and oxygen atoms in total.